The van der Waals surface area contributed by atoms with Gasteiger partial charge in [0.1, 0.15) is 0 Å². The third-order valence-corrected chi connectivity index (χ3v) is 15.3. The molecule has 0 saturated carbocycles. The Kier molecular flexibility index (Phi) is 71.9. The molecule has 4 heteroatoms. The molecule has 0 N–H and O–H groups in total. The van der Waals surface area contributed by atoms with E-state index in [1.54, 1.807) is 0 Å². The lowest BCUT2D eigenvalue weighted by Gasteiger charge is -2.06. The predicted octanol–water partition coefficient (Wildman–Crippen LogP) is 24.9. The number of hydrogen-bond acceptors (Lipinski definition) is 4. The van der Waals surface area contributed by atoms with Crippen LogP contribution < -0.4 is 0 Å². The first-order chi connectivity index (χ1) is 36.6. The van der Waals surface area contributed by atoms with Gasteiger partial charge in [-0.25, -0.2) is 0 Å². The number of unbranched alkanes of at least 4 members (excludes halogenated alkanes) is 50. The molecule has 0 atom stereocenters. The van der Waals surface area contributed by atoms with Crippen molar-refractivity contribution in [3.63, 3.8) is 0 Å². The summed E-state index contributed by atoms with van der Waals surface area (Å²) in [6, 6.07) is 0. The van der Waals surface area contributed by atoms with Gasteiger partial charge < -0.3 is 9.47 Å². The van der Waals surface area contributed by atoms with Gasteiger partial charge in [-0.3, -0.25) is 9.59 Å². The van der Waals surface area contributed by atoms with Crippen LogP contribution in [0.2, 0.25) is 0 Å². The maximum Gasteiger partial charge on any atom is 0.305 e. The summed E-state index contributed by atoms with van der Waals surface area (Å²) in [4.78, 5) is 23.8. The van der Waals surface area contributed by atoms with E-state index in [1.807, 2.05) is 0 Å². The lowest BCUT2D eigenvalue weighted by atomic mass is 10.0. The first-order valence-corrected chi connectivity index (χ1v) is 34.2. The molecular formula is C70H136O4. The summed E-state index contributed by atoms with van der Waals surface area (Å²) in [5.41, 5.74) is 0. The van der Waals surface area contributed by atoms with Gasteiger partial charge in [0, 0.05) is 12.8 Å². The van der Waals surface area contributed by atoms with Gasteiger partial charge in [0.25, 0.3) is 0 Å². The summed E-state index contributed by atoms with van der Waals surface area (Å²) in [5.74, 6) is 0.0429. The summed E-state index contributed by atoms with van der Waals surface area (Å²) >= 11 is 0. The van der Waals surface area contributed by atoms with E-state index in [4.69, 9.17) is 9.47 Å². The normalized spacial score (nSPS) is 11.5. The number of carbonyl (C=O) groups is 2. The molecule has 0 heterocycles. The first kappa shape index (κ1) is 74.5. The molecule has 0 bridgehead atoms. The Morgan fingerprint density at radius 3 is 0.676 bits per heavy atom. The summed E-state index contributed by atoms with van der Waals surface area (Å²) in [6.07, 6.45) is 85.3. The van der Waals surface area contributed by atoms with Crippen LogP contribution in [0, 0.1) is 0 Å². The Morgan fingerprint density at radius 1 is 0.230 bits per heavy atom. The Hall–Kier alpha value is -1.58. The van der Waals surface area contributed by atoms with Crippen LogP contribution in [0.5, 0.6) is 0 Å². The van der Waals surface area contributed by atoms with Crippen LogP contribution in [0.25, 0.3) is 0 Å². The molecule has 440 valence electrons. The zero-order valence-corrected chi connectivity index (χ0v) is 51.4. The van der Waals surface area contributed by atoms with Gasteiger partial charge in [0.05, 0.1) is 13.2 Å². The molecule has 0 rings (SSSR count). The SMILES string of the molecule is CCCCC/C=C\C/C=C\CCCCCCCCOC(=O)CCCCCCCCCCCCCCCCC.CCCCCCCCCCCCCCCCCCCC(=O)OCCCCCCCCCCCCCC. The number of esters is 2. The second kappa shape index (κ2) is 71.4. The molecule has 0 unspecified atom stereocenters. The number of rotatable bonds is 62. The molecule has 0 spiro atoms. The van der Waals surface area contributed by atoms with E-state index >= 15 is 0 Å². The molecule has 0 amide bonds. The third kappa shape index (κ3) is 72.5. The van der Waals surface area contributed by atoms with E-state index in [0.717, 1.165) is 32.1 Å². The summed E-state index contributed by atoms with van der Waals surface area (Å²) in [5, 5.41) is 0. The molecule has 0 radical (unpaired) electrons. The predicted molar refractivity (Wildman–Crippen MR) is 331 cm³/mol. The number of ether oxygens (including phenoxy) is 2. The molecule has 0 aromatic heterocycles. The quantitative estimate of drug-likeness (QED) is 0.0346. The van der Waals surface area contributed by atoms with Crippen LogP contribution in [-0.4, -0.2) is 25.2 Å². The highest BCUT2D eigenvalue weighted by molar-refractivity contribution is 5.69. The second-order valence-electron chi connectivity index (χ2n) is 23.0. The highest BCUT2D eigenvalue weighted by Gasteiger charge is 2.05. The van der Waals surface area contributed by atoms with Crippen LogP contribution in [0.1, 0.15) is 400 Å². The van der Waals surface area contributed by atoms with Crippen molar-refractivity contribution in [3.8, 4) is 0 Å². The van der Waals surface area contributed by atoms with Crippen LogP contribution >= 0.6 is 0 Å². The Bertz CT molecular complexity index is 1080. The van der Waals surface area contributed by atoms with Gasteiger partial charge in [0.15, 0.2) is 0 Å². The van der Waals surface area contributed by atoms with Gasteiger partial charge in [-0.1, -0.05) is 354 Å². The fourth-order valence-electron chi connectivity index (χ4n) is 10.2. The molecule has 0 aromatic carbocycles. The average Bonchev–Trinajstić information content (AvgIpc) is 3.40. The Balaban J connectivity index is 0. The van der Waals surface area contributed by atoms with E-state index in [9.17, 15) is 9.59 Å². The van der Waals surface area contributed by atoms with Crippen molar-refractivity contribution in [3.05, 3.63) is 24.3 Å². The van der Waals surface area contributed by atoms with Crippen molar-refractivity contribution in [2.45, 2.75) is 400 Å². The highest BCUT2D eigenvalue weighted by atomic mass is 16.5. The number of hydrogen-bond donors (Lipinski definition) is 0. The van der Waals surface area contributed by atoms with Crippen LogP contribution in [-0.2, 0) is 19.1 Å². The largest absolute Gasteiger partial charge is 0.466 e. The summed E-state index contributed by atoms with van der Waals surface area (Å²) < 4.78 is 10.9. The molecule has 0 aliphatic carbocycles. The zero-order chi connectivity index (χ0) is 53.8. The molecule has 0 fully saturated rings. The van der Waals surface area contributed by atoms with Crippen molar-refractivity contribution in [2.75, 3.05) is 13.2 Å². The second-order valence-corrected chi connectivity index (χ2v) is 23.0. The minimum absolute atomic E-state index is 0.0160. The minimum Gasteiger partial charge on any atom is -0.466 e. The van der Waals surface area contributed by atoms with Crippen molar-refractivity contribution in [2.24, 2.45) is 0 Å². The van der Waals surface area contributed by atoms with Gasteiger partial charge in [-0.05, 0) is 57.8 Å². The third-order valence-electron chi connectivity index (χ3n) is 15.3. The molecule has 74 heavy (non-hydrogen) atoms. The smallest absolute Gasteiger partial charge is 0.305 e. The lowest BCUT2D eigenvalue weighted by Crippen LogP contribution is -2.05. The van der Waals surface area contributed by atoms with Gasteiger partial charge in [-0.15, -0.1) is 0 Å². The van der Waals surface area contributed by atoms with Gasteiger partial charge >= 0.3 is 11.9 Å². The fraction of sp³-hybridized carbons (Fsp3) is 0.914. The molecule has 0 aliphatic rings. The van der Waals surface area contributed by atoms with E-state index in [0.29, 0.717) is 26.1 Å². The molecule has 0 saturated heterocycles. The Morgan fingerprint density at radius 2 is 0.419 bits per heavy atom. The van der Waals surface area contributed by atoms with Crippen LogP contribution in [0.15, 0.2) is 24.3 Å². The zero-order valence-electron chi connectivity index (χ0n) is 51.4. The molecular weight excluding hydrogens is 905 g/mol. The fourth-order valence-corrected chi connectivity index (χ4v) is 10.2. The van der Waals surface area contributed by atoms with Gasteiger partial charge in [0.2, 0.25) is 0 Å². The lowest BCUT2D eigenvalue weighted by molar-refractivity contribution is -0.144. The van der Waals surface area contributed by atoms with E-state index in [-0.39, 0.29) is 11.9 Å². The van der Waals surface area contributed by atoms with Crippen LogP contribution in [0.3, 0.4) is 0 Å². The Labute approximate surface area is 466 Å². The van der Waals surface area contributed by atoms with E-state index in [2.05, 4.69) is 52.0 Å². The maximum atomic E-state index is 11.9. The van der Waals surface area contributed by atoms with Crippen molar-refractivity contribution < 1.29 is 19.1 Å². The minimum atomic E-state index is 0.0160. The van der Waals surface area contributed by atoms with E-state index in [1.165, 1.54) is 327 Å². The van der Waals surface area contributed by atoms with Crippen molar-refractivity contribution >= 4 is 11.9 Å². The van der Waals surface area contributed by atoms with E-state index < -0.39 is 0 Å². The number of carbonyl (C=O) groups excluding carboxylic acids is 2. The first-order valence-electron chi connectivity index (χ1n) is 34.2. The summed E-state index contributed by atoms with van der Waals surface area (Å²) in [7, 11) is 0. The van der Waals surface area contributed by atoms with Crippen molar-refractivity contribution in [1.29, 1.82) is 0 Å². The van der Waals surface area contributed by atoms with Gasteiger partial charge in [-0.2, -0.15) is 0 Å². The molecule has 4 nitrogen and oxygen atoms in total. The number of allylic oxidation sites excluding steroid dienone is 4. The standard InChI is InChI=1S/C36H68O2.C34H68O2/c1-3-5-7-9-11-13-15-17-19-21-23-25-27-29-31-33-35-38-36(37)34-32-30-28-26-24-22-20-18-16-14-12-10-8-6-4-2;1-3-5-7-9-11-13-15-17-18-19-20-21-22-24-26-28-30-32-34(35)36-33-31-29-27-25-23-16-14-12-10-8-6-4-2/h11,13,17,19H,3-10,12,14-16,18,20-35H2,1-2H3;3-33H2,1-2H3/b13-11-,19-17-;. The highest BCUT2D eigenvalue weighted by Crippen LogP contribution is 2.18. The molecule has 0 aliphatic heterocycles. The maximum absolute atomic E-state index is 11.9. The van der Waals surface area contributed by atoms with Crippen molar-refractivity contribution in [1.82, 2.24) is 0 Å². The average molecular weight is 1040 g/mol. The van der Waals surface area contributed by atoms with Crippen LogP contribution in [0.4, 0.5) is 0 Å². The molecule has 0 aromatic rings. The topological polar surface area (TPSA) is 52.6 Å². The summed E-state index contributed by atoms with van der Waals surface area (Å²) in [6.45, 7) is 10.4. The monoisotopic (exact) mass is 1040 g/mol.